The number of nitrogens with zero attached hydrogens (tertiary/aromatic N) is 2. The van der Waals surface area contributed by atoms with Crippen molar-refractivity contribution in [3.05, 3.63) is 24.0 Å². The van der Waals surface area contributed by atoms with E-state index >= 15 is 0 Å². The van der Waals surface area contributed by atoms with Gasteiger partial charge in [0.1, 0.15) is 0 Å². The molecule has 2 heteroatoms. The lowest BCUT2D eigenvalue weighted by Gasteiger charge is -1.93. The first-order valence-corrected chi connectivity index (χ1v) is 3.94. The molecule has 2 nitrogen and oxygen atoms in total. The first kappa shape index (κ1) is 8.05. The van der Waals surface area contributed by atoms with Crippen molar-refractivity contribution in [1.82, 2.24) is 9.78 Å². The third-order valence-electron chi connectivity index (χ3n) is 1.66. The van der Waals surface area contributed by atoms with Gasteiger partial charge in [-0.2, -0.15) is 5.10 Å². The molecular weight excluding hydrogens is 136 g/mol. The third kappa shape index (κ3) is 1.70. The van der Waals surface area contributed by atoms with Crippen molar-refractivity contribution in [2.45, 2.75) is 26.8 Å². The van der Waals surface area contributed by atoms with E-state index in [1.807, 2.05) is 23.9 Å². The van der Waals surface area contributed by atoms with Gasteiger partial charge < -0.3 is 0 Å². The van der Waals surface area contributed by atoms with Gasteiger partial charge in [0.05, 0.1) is 5.69 Å². The lowest BCUT2D eigenvalue weighted by molar-refractivity contribution is 0.598. The monoisotopic (exact) mass is 150 g/mol. The summed E-state index contributed by atoms with van der Waals surface area (Å²) in [6.45, 7) is 8.85. The van der Waals surface area contributed by atoms with E-state index in [1.165, 1.54) is 0 Å². The fourth-order valence-corrected chi connectivity index (χ4v) is 1.08. The van der Waals surface area contributed by atoms with Crippen molar-refractivity contribution in [3.8, 4) is 0 Å². The fourth-order valence-electron chi connectivity index (χ4n) is 1.08. The second-order valence-corrected chi connectivity index (χ2v) is 2.64. The Kier molecular flexibility index (Phi) is 2.47. The molecule has 0 amide bonds. The van der Waals surface area contributed by atoms with Gasteiger partial charge in [-0.15, -0.1) is 0 Å². The Morgan fingerprint density at radius 3 is 2.91 bits per heavy atom. The Bertz CT molecular complexity index is 248. The standard InChI is InChI=1S/C9H14N2/c1-4-6-11-7-9(5-2)8(3)10-11/h5,7H,2,4,6H2,1,3H3. The van der Waals surface area contributed by atoms with Gasteiger partial charge in [-0.05, 0) is 13.3 Å². The molecule has 0 bridgehead atoms. The Hall–Kier alpha value is -1.05. The van der Waals surface area contributed by atoms with Crippen LogP contribution in [0.3, 0.4) is 0 Å². The molecule has 11 heavy (non-hydrogen) atoms. The smallest absolute Gasteiger partial charge is 0.0665 e. The third-order valence-corrected chi connectivity index (χ3v) is 1.66. The summed E-state index contributed by atoms with van der Waals surface area (Å²) in [5.41, 5.74) is 2.20. The summed E-state index contributed by atoms with van der Waals surface area (Å²) in [6, 6.07) is 0. The van der Waals surface area contributed by atoms with Gasteiger partial charge in [0.25, 0.3) is 0 Å². The van der Waals surface area contributed by atoms with E-state index in [9.17, 15) is 0 Å². The van der Waals surface area contributed by atoms with Gasteiger partial charge in [0.15, 0.2) is 0 Å². The van der Waals surface area contributed by atoms with Crippen LogP contribution in [0.25, 0.3) is 6.08 Å². The van der Waals surface area contributed by atoms with Crippen LogP contribution in [0.15, 0.2) is 12.8 Å². The van der Waals surface area contributed by atoms with Gasteiger partial charge >= 0.3 is 0 Å². The summed E-state index contributed by atoms with van der Waals surface area (Å²) in [5, 5.41) is 4.32. The zero-order valence-corrected chi connectivity index (χ0v) is 7.17. The van der Waals surface area contributed by atoms with Crippen molar-refractivity contribution in [2.24, 2.45) is 0 Å². The maximum Gasteiger partial charge on any atom is 0.0665 e. The minimum Gasteiger partial charge on any atom is -0.272 e. The van der Waals surface area contributed by atoms with Crippen molar-refractivity contribution >= 4 is 6.08 Å². The molecule has 0 aliphatic heterocycles. The lowest BCUT2D eigenvalue weighted by Crippen LogP contribution is -1.96. The molecule has 0 fully saturated rings. The van der Waals surface area contributed by atoms with Crippen LogP contribution in [0.4, 0.5) is 0 Å². The van der Waals surface area contributed by atoms with Crippen LogP contribution >= 0.6 is 0 Å². The average Bonchev–Trinajstić information content (AvgIpc) is 2.32. The molecule has 1 heterocycles. The molecule has 0 unspecified atom stereocenters. The molecule has 0 saturated heterocycles. The number of rotatable bonds is 3. The van der Waals surface area contributed by atoms with E-state index in [1.54, 1.807) is 0 Å². The van der Waals surface area contributed by atoms with Gasteiger partial charge in [-0.25, -0.2) is 0 Å². The van der Waals surface area contributed by atoms with E-state index in [0.29, 0.717) is 0 Å². The molecule has 0 saturated carbocycles. The van der Waals surface area contributed by atoms with Crippen LogP contribution in [0, 0.1) is 6.92 Å². The number of hydrogen-bond donors (Lipinski definition) is 0. The topological polar surface area (TPSA) is 17.8 Å². The number of aryl methyl sites for hydroxylation is 2. The van der Waals surface area contributed by atoms with Crippen LogP contribution in [0.2, 0.25) is 0 Å². The van der Waals surface area contributed by atoms with Crippen molar-refractivity contribution in [3.63, 3.8) is 0 Å². The first-order valence-electron chi connectivity index (χ1n) is 3.94. The van der Waals surface area contributed by atoms with Crippen LogP contribution < -0.4 is 0 Å². The molecular formula is C9H14N2. The molecule has 0 spiro atoms. The van der Waals surface area contributed by atoms with Gasteiger partial charge in [-0.3, -0.25) is 4.68 Å². The zero-order valence-electron chi connectivity index (χ0n) is 7.17. The molecule has 0 radical (unpaired) electrons. The van der Waals surface area contributed by atoms with Crippen molar-refractivity contribution < 1.29 is 0 Å². The molecule has 1 rings (SSSR count). The molecule has 0 aliphatic rings. The Balaban J connectivity index is 2.86. The first-order chi connectivity index (χ1) is 5.27. The highest BCUT2D eigenvalue weighted by molar-refractivity contribution is 5.47. The molecule has 1 aromatic rings. The summed E-state index contributed by atoms with van der Waals surface area (Å²) in [6.07, 6.45) is 5.00. The summed E-state index contributed by atoms with van der Waals surface area (Å²) in [5.74, 6) is 0. The van der Waals surface area contributed by atoms with Crippen LogP contribution in [0.1, 0.15) is 24.6 Å². The summed E-state index contributed by atoms with van der Waals surface area (Å²) >= 11 is 0. The molecule has 0 atom stereocenters. The fraction of sp³-hybridized carbons (Fsp3) is 0.444. The van der Waals surface area contributed by atoms with Crippen LogP contribution in [-0.4, -0.2) is 9.78 Å². The largest absolute Gasteiger partial charge is 0.272 e. The minimum absolute atomic E-state index is 0.995. The number of aromatic nitrogens is 2. The molecule has 0 aliphatic carbocycles. The lowest BCUT2D eigenvalue weighted by atomic mass is 10.3. The predicted octanol–water partition coefficient (Wildman–Crippen LogP) is 2.24. The summed E-state index contributed by atoms with van der Waals surface area (Å²) in [4.78, 5) is 0. The van der Waals surface area contributed by atoms with E-state index in [0.717, 1.165) is 24.2 Å². The second kappa shape index (κ2) is 3.37. The maximum atomic E-state index is 4.32. The average molecular weight is 150 g/mol. The Labute approximate surface area is 67.5 Å². The van der Waals surface area contributed by atoms with E-state index in [-0.39, 0.29) is 0 Å². The Morgan fingerprint density at radius 2 is 2.45 bits per heavy atom. The molecule has 0 aromatic carbocycles. The van der Waals surface area contributed by atoms with Gasteiger partial charge in [0, 0.05) is 18.3 Å². The number of hydrogen-bond acceptors (Lipinski definition) is 1. The normalized spacial score (nSPS) is 10.0. The maximum absolute atomic E-state index is 4.32. The zero-order chi connectivity index (χ0) is 8.27. The van der Waals surface area contributed by atoms with E-state index in [2.05, 4.69) is 18.6 Å². The van der Waals surface area contributed by atoms with Gasteiger partial charge in [-0.1, -0.05) is 19.6 Å². The Morgan fingerprint density at radius 1 is 1.73 bits per heavy atom. The minimum atomic E-state index is 0.995. The highest BCUT2D eigenvalue weighted by Crippen LogP contribution is 2.06. The predicted molar refractivity (Wildman–Crippen MR) is 47.3 cm³/mol. The van der Waals surface area contributed by atoms with Crippen LogP contribution in [0.5, 0.6) is 0 Å². The van der Waals surface area contributed by atoms with Crippen molar-refractivity contribution in [1.29, 1.82) is 0 Å². The molecule has 0 N–H and O–H groups in total. The van der Waals surface area contributed by atoms with Gasteiger partial charge in [0.2, 0.25) is 0 Å². The quantitative estimate of drug-likeness (QED) is 0.646. The SMILES string of the molecule is C=Cc1cn(CCC)nc1C. The molecule has 60 valence electrons. The van der Waals surface area contributed by atoms with E-state index < -0.39 is 0 Å². The summed E-state index contributed by atoms with van der Waals surface area (Å²) < 4.78 is 1.96. The van der Waals surface area contributed by atoms with E-state index in [4.69, 9.17) is 0 Å². The van der Waals surface area contributed by atoms with Crippen LogP contribution in [-0.2, 0) is 6.54 Å². The summed E-state index contributed by atoms with van der Waals surface area (Å²) in [7, 11) is 0. The highest BCUT2D eigenvalue weighted by Gasteiger charge is 1.98. The van der Waals surface area contributed by atoms with Crippen molar-refractivity contribution in [2.75, 3.05) is 0 Å². The second-order valence-electron chi connectivity index (χ2n) is 2.64. The molecule has 1 aromatic heterocycles. The highest BCUT2D eigenvalue weighted by atomic mass is 15.3.